The Bertz CT molecular complexity index is 539. The molecule has 4 nitrogen and oxygen atoms in total. The van der Waals surface area contributed by atoms with Gasteiger partial charge in [-0.3, -0.25) is 9.78 Å². The lowest BCUT2D eigenvalue weighted by molar-refractivity contribution is -0.113. The van der Waals surface area contributed by atoms with Crippen LogP contribution < -0.4 is 11.1 Å². The number of anilines is 1. The number of amides is 1. The molecule has 1 heterocycles. The molecule has 0 atom stereocenters. The molecule has 1 aromatic carbocycles. The first-order valence-electron chi connectivity index (χ1n) is 5.72. The molecule has 1 amide bonds. The zero-order valence-corrected chi connectivity index (χ0v) is 10.7. The van der Waals surface area contributed by atoms with E-state index in [1.165, 1.54) is 11.8 Å². The van der Waals surface area contributed by atoms with Crippen LogP contribution in [0.15, 0.2) is 36.5 Å². The normalized spacial score (nSPS) is 10.5. The van der Waals surface area contributed by atoms with Crippen LogP contribution in [0.25, 0.3) is 10.9 Å². The zero-order valence-electron chi connectivity index (χ0n) is 9.93. The van der Waals surface area contributed by atoms with Crippen molar-refractivity contribution in [3.63, 3.8) is 0 Å². The molecule has 0 aliphatic rings. The van der Waals surface area contributed by atoms with E-state index in [-0.39, 0.29) is 5.91 Å². The maximum atomic E-state index is 11.7. The smallest absolute Gasteiger partial charge is 0.234 e. The summed E-state index contributed by atoms with van der Waals surface area (Å²) in [6.45, 7) is 0.591. The lowest BCUT2D eigenvalue weighted by Crippen LogP contribution is -2.15. The summed E-state index contributed by atoms with van der Waals surface area (Å²) in [4.78, 5) is 16.0. The number of rotatable bonds is 5. The van der Waals surface area contributed by atoms with Crippen LogP contribution in [0.3, 0.4) is 0 Å². The Morgan fingerprint density at radius 2 is 2.17 bits per heavy atom. The van der Waals surface area contributed by atoms with E-state index < -0.39 is 0 Å². The summed E-state index contributed by atoms with van der Waals surface area (Å²) in [5, 5.41) is 3.90. The van der Waals surface area contributed by atoms with E-state index in [9.17, 15) is 4.79 Å². The van der Waals surface area contributed by atoms with Crippen LogP contribution in [0, 0.1) is 0 Å². The number of aromatic nitrogens is 1. The van der Waals surface area contributed by atoms with Gasteiger partial charge in [-0.15, -0.1) is 0 Å². The number of nitrogens with two attached hydrogens (primary N) is 1. The maximum Gasteiger partial charge on any atom is 0.234 e. The molecular weight excluding hydrogens is 246 g/mol. The summed E-state index contributed by atoms with van der Waals surface area (Å²) >= 11 is 1.53. The highest BCUT2D eigenvalue weighted by atomic mass is 32.2. The molecule has 0 spiro atoms. The van der Waals surface area contributed by atoms with E-state index in [4.69, 9.17) is 5.73 Å². The molecule has 1 aromatic heterocycles. The predicted molar refractivity (Wildman–Crippen MR) is 76.8 cm³/mol. The molecule has 2 aromatic rings. The van der Waals surface area contributed by atoms with Crippen LogP contribution in [0.1, 0.15) is 0 Å². The van der Waals surface area contributed by atoms with Crippen LogP contribution in [0.5, 0.6) is 0 Å². The van der Waals surface area contributed by atoms with Gasteiger partial charge in [-0.25, -0.2) is 0 Å². The number of nitrogens with one attached hydrogen (secondary N) is 1. The highest BCUT2D eigenvalue weighted by molar-refractivity contribution is 7.99. The molecule has 2 rings (SSSR count). The Labute approximate surface area is 110 Å². The fourth-order valence-corrected chi connectivity index (χ4v) is 2.21. The first kappa shape index (κ1) is 12.9. The number of benzene rings is 1. The van der Waals surface area contributed by atoms with Gasteiger partial charge in [-0.1, -0.05) is 18.2 Å². The molecule has 0 radical (unpaired) electrons. The van der Waals surface area contributed by atoms with Crippen LogP contribution in [0.4, 0.5) is 5.69 Å². The van der Waals surface area contributed by atoms with Crippen molar-refractivity contribution in [3.8, 4) is 0 Å². The molecule has 0 aliphatic carbocycles. The topological polar surface area (TPSA) is 68.0 Å². The van der Waals surface area contributed by atoms with Crippen LogP contribution in [-0.4, -0.2) is 28.9 Å². The second kappa shape index (κ2) is 6.37. The van der Waals surface area contributed by atoms with E-state index in [0.717, 1.165) is 22.3 Å². The minimum Gasteiger partial charge on any atom is -0.330 e. The Balaban J connectivity index is 2.09. The monoisotopic (exact) mass is 261 g/mol. The quantitative estimate of drug-likeness (QED) is 0.806. The van der Waals surface area contributed by atoms with E-state index >= 15 is 0 Å². The van der Waals surface area contributed by atoms with Gasteiger partial charge in [0.25, 0.3) is 0 Å². The van der Waals surface area contributed by atoms with Crippen molar-refractivity contribution < 1.29 is 4.79 Å². The van der Waals surface area contributed by atoms with Crippen molar-refractivity contribution in [1.82, 2.24) is 4.98 Å². The number of nitrogens with zero attached hydrogens (tertiary/aromatic N) is 1. The van der Waals surface area contributed by atoms with Crippen molar-refractivity contribution >= 4 is 34.3 Å². The van der Waals surface area contributed by atoms with Gasteiger partial charge >= 0.3 is 0 Å². The van der Waals surface area contributed by atoms with Crippen molar-refractivity contribution in [2.45, 2.75) is 0 Å². The van der Waals surface area contributed by atoms with E-state index in [0.29, 0.717) is 12.3 Å². The van der Waals surface area contributed by atoms with Crippen molar-refractivity contribution in [1.29, 1.82) is 0 Å². The number of hydrogen-bond donors (Lipinski definition) is 2. The highest BCUT2D eigenvalue weighted by Crippen LogP contribution is 2.20. The molecule has 0 fully saturated rings. The first-order valence-corrected chi connectivity index (χ1v) is 6.88. The number of carbonyl (C=O) groups is 1. The zero-order chi connectivity index (χ0) is 12.8. The summed E-state index contributed by atoms with van der Waals surface area (Å²) in [5.74, 6) is 1.19. The average molecular weight is 261 g/mol. The fraction of sp³-hybridized carbons (Fsp3) is 0.231. The molecule has 18 heavy (non-hydrogen) atoms. The largest absolute Gasteiger partial charge is 0.330 e. The number of hydrogen-bond acceptors (Lipinski definition) is 4. The molecule has 0 aliphatic heterocycles. The van der Waals surface area contributed by atoms with Gasteiger partial charge in [-0.05, 0) is 12.1 Å². The number of fused-ring (bicyclic) bond motifs is 1. The second-order valence-corrected chi connectivity index (χ2v) is 4.88. The SMILES string of the molecule is NCCSCC(=O)Nc1cccc2cccnc12. The fourth-order valence-electron chi connectivity index (χ4n) is 1.64. The molecule has 94 valence electrons. The molecule has 0 bridgehead atoms. The predicted octanol–water partition coefficient (Wildman–Crippen LogP) is 1.87. The second-order valence-electron chi connectivity index (χ2n) is 3.77. The van der Waals surface area contributed by atoms with Crippen LogP contribution in [-0.2, 0) is 4.79 Å². The first-order chi connectivity index (χ1) is 8.81. The lowest BCUT2D eigenvalue weighted by atomic mass is 10.2. The van der Waals surface area contributed by atoms with Crippen molar-refractivity contribution in [2.24, 2.45) is 5.73 Å². The molecule has 0 saturated heterocycles. The third-order valence-corrected chi connectivity index (χ3v) is 3.39. The minimum atomic E-state index is -0.0217. The van der Waals surface area contributed by atoms with Gasteiger partial charge < -0.3 is 11.1 Å². The summed E-state index contributed by atoms with van der Waals surface area (Å²) in [6, 6.07) is 9.60. The molecular formula is C13H15N3OS. The summed E-state index contributed by atoms with van der Waals surface area (Å²) in [7, 11) is 0. The van der Waals surface area contributed by atoms with Crippen molar-refractivity contribution in [2.75, 3.05) is 23.4 Å². The van der Waals surface area contributed by atoms with Crippen LogP contribution in [0.2, 0.25) is 0 Å². The summed E-state index contributed by atoms with van der Waals surface area (Å²) < 4.78 is 0. The average Bonchev–Trinajstić information content (AvgIpc) is 2.39. The lowest BCUT2D eigenvalue weighted by Gasteiger charge is -2.07. The molecule has 0 saturated carbocycles. The van der Waals surface area contributed by atoms with E-state index in [1.807, 2.05) is 30.3 Å². The molecule has 0 unspecified atom stereocenters. The van der Waals surface area contributed by atoms with Gasteiger partial charge in [0.2, 0.25) is 5.91 Å². The Kier molecular flexibility index (Phi) is 4.55. The number of para-hydroxylation sites is 1. The Hall–Kier alpha value is -1.59. The number of pyridine rings is 1. The Morgan fingerprint density at radius 1 is 1.33 bits per heavy atom. The van der Waals surface area contributed by atoms with Gasteiger partial charge in [0.1, 0.15) is 0 Å². The highest BCUT2D eigenvalue weighted by Gasteiger charge is 2.06. The molecule has 5 heteroatoms. The number of carbonyl (C=O) groups excluding carboxylic acids is 1. The minimum absolute atomic E-state index is 0.0217. The van der Waals surface area contributed by atoms with E-state index in [1.54, 1.807) is 6.20 Å². The standard InChI is InChI=1S/C13H15N3OS/c14-6-8-18-9-12(17)16-11-5-1-3-10-4-2-7-15-13(10)11/h1-5,7H,6,8-9,14H2,(H,16,17). The summed E-state index contributed by atoms with van der Waals surface area (Å²) in [5.41, 5.74) is 6.95. The number of thioether (sulfide) groups is 1. The van der Waals surface area contributed by atoms with E-state index in [2.05, 4.69) is 10.3 Å². The third kappa shape index (κ3) is 3.21. The maximum absolute atomic E-state index is 11.7. The van der Waals surface area contributed by atoms with Gasteiger partial charge in [0.05, 0.1) is 17.0 Å². The molecule has 3 N–H and O–H groups in total. The van der Waals surface area contributed by atoms with Crippen molar-refractivity contribution in [3.05, 3.63) is 36.5 Å². The van der Waals surface area contributed by atoms with Gasteiger partial charge in [0, 0.05) is 23.9 Å². The third-order valence-electron chi connectivity index (χ3n) is 2.40. The van der Waals surface area contributed by atoms with Gasteiger partial charge in [0.15, 0.2) is 0 Å². The van der Waals surface area contributed by atoms with Gasteiger partial charge in [-0.2, -0.15) is 11.8 Å². The van der Waals surface area contributed by atoms with Crippen LogP contribution >= 0.6 is 11.8 Å². The summed E-state index contributed by atoms with van der Waals surface area (Å²) in [6.07, 6.45) is 1.72. The Morgan fingerprint density at radius 3 is 3.00 bits per heavy atom.